The third kappa shape index (κ3) is 19.8. The maximum absolute atomic E-state index is 14.8. The number of benzene rings is 1. The van der Waals surface area contributed by atoms with Gasteiger partial charge in [0.15, 0.2) is 49.5 Å². The molecule has 7 N–H and O–H groups in total. The molecule has 516 valence electrons. The molecule has 1 aromatic rings. The van der Waals surface area contributed by atoms with E-state index < -0.39 is 153 Å². The number of carbonyl (C=O) groups is 5. The second-order valence-corrected chi connectivity index (χ2v) is 26.6. The summed E-state index contributed by atoms with van der Waals surface area (Å²) in [6.07, 6.45) is -5.43. The molecule has 6 rings (SSSR count). The van der Waals surface area contributed by atoms with Crippen LogP contribution >= 0.6 is 34.2 Å². The van der Waals surface area contributed by atoms with E-state index in [9.17, 15) is 59.7 Å². The number of aliphatic hydroxyl groups is 7. The van der Waals surface area contributed by atoms with Gasteiger partial charge < -0.3 is 92.9 Å². The summed E-state index contributed by atoms with van der Waals surface area (Å²) >= 11 is 8.90. The van der Waals surface area contributed by atoms with Crippen LogP contribution in [0.3, 0.4) is 0 Å². The van der Waals surface area contributed by atoms with E-state index in [-0.39, 0.29) is 75.1 Å². The smallest absolute Gasteiger partial charge is 0.342 e. The lowest BCUT2D eigenvalue weighted by molar-refractivity contribution is -0.333. The molecule has 9 unspecified atom stereocenters. The van der Waals surface area contributed by atoms with Gasteiger partial charge in [-0.2, -0.15) is 0 Å². The molecular formula is C66H96ClIN2O22. The van der Waals surface area contributed by atoms with Gasteiger partial charge in [0.25, 0.3) is 11.8 Å². The van der Waals surface area contributed by atoms with Crippen molar-refractivity contribution in [3.05, 3.63) is 78.5 Å². The summed E-state index contributed by atoms with van der Waals surface area (Å²) in [5.41, 5.74) is 0.599. The van der Waals surface area contributed by atoms with Crippen molar-refractivity contribution in [1.29, 1.82) is 0 Å². The van der Waals surface area contributed by atoms with Crippen LogP contribution in [0.2, 0.25) is 5.02 Å². The number of aliphatic hydroxyl groups excluding tert-OH is 7. The van der Waals surface area contributed by atoms with Gasteiger partial charge in [0, 0.05) is 45.6 Å². The summed E-state index contributed by atoms with van der Waals surface area (Å²) in [5.74, 6) is -4.27. The van der Waals surface area contributed by atoms with Crippen molar-refractivity contribution >= 4 is 63.9 Å². The molecule has 1 aromatic carbocycles. The van der Waals surface area contributed by atoms with Crippen molar-refractivity contribution in [2.75, 3.05) is 53.1 Å². The number of methoxy groups -OCH3 is 1. The lowest BCUT2D eigenvalue weighted by atomic mass is 9.88. The van der Waals surface area contributed by atoms with Crippen LogP contribution in [0.4, 0.5) is 0 Å². The molecule has 4 fully saturated rings. The van der Waals surface area contributed by atoms with Crippen molar-refractivity contribution < 1.29 is 107 Å². The molecule has 4 saturated heterocycles. The number of esters is 3. The van der Waals surface area contributed by atoms with Crippen molar-refractivity contribution in [3.8, 4) is 11.5 Å². The zero-order chi connectivity index (χ0) is 68.1. The number of cyclic esters (lactones) is 1. The number of hydrogen-bond donors (Lipinski definition) is 7. The van der Waals surface area contributed by atoms with E-state index in [1.807, 2.05) is 55.5 Å². The molecule has 0 aromatic heterocycles. The van der Waals surface area contributed by atoms with E-state index >= 15 is 0 Å². The third-order valence-corrected chi connectivity index (χ3v) is 18.6. The highest BCUT2D eigenvalue weighted by atomic mass is 127. The summed E-state index contributed by atoms with van der Waals surface area (Å²) < 4.78 is 61.1. The van der Waals surface area contributed by atoms with E-state index in [2.05, 4.69) is 0 Å². The standard InChI is InChI=1S/C66H96ClIN2O22/c1-13-40-30-36(6)45(74)18-16-15-17-41(62(81)88-46(38(8)71)20-19-35(5)29-37(7)55(40)90-64-53(78)52(77)60(66(10,11)92-64)91-61(80)34(3)4)31-86-65-59(83-12)54(79)56(39(9)87-65)89-63(82)49-44(14-2)50(67)58(85-33-48(76)70-27-23-43(73)24-28-70)51(68)57(49)84-32-47(75)69-25-21-42(72)22-26-69/h15-17,19,29-30,34,38-40,42-43,45-46,52-56,59-60,64-65,71-74,77-79H,13-14,18,20-28,31-33H2,1-12H3/b16-15+,35-19+,36-30+,37-29+,41-17+/t38-,39?,40+,45+,46+,52?,53?,54?,55-,56?,59?,60?,64?,65?/m1/s1. The average Bonchev–Trinajstić information content (AvgIpc) is 0.786. The SMILES string of the molecule is CCc1c(Cl)c(OCC(=O)N2CCC(O)CC2)c(I)c(OCC(=O)N2CCC(O)CC2)c1C(=O)OC1C(C)OC(OC/C2=C\C=C\C[C@H](O)/C(C)=C/[C@H](CC)[C@H](OC3OC(C)(C)C(OC(=O)C(C)C)C(O)C3O)/C(C)=C/C(C)=C/C[C@@H]([C@@H](C)O)OC2=O)C(OC)C1O. The minimum atomic E-state index is -1.63. The lowest BCUT2D eigenvalue weighted by Gasteiger charge is -2.47. The van der Waals surface area contributed by atoms with Gasteiger partial charge in [0.2, 0.25) is 0 Å². The van der Waals surface area contributed by atoms with Gasteiger partial charge in [0.05, 0.1) is 63.3 Å². The largest absolute Gasteiger partial charge is 0.482 e. The summed E-state index contributed by atoms with van der Waals surface area (Å²) in [6, 6.07) is 0. The number of hydrogen-bond acceptors (Lipinski definition) is 22. The number of rotatable bonds is 19. The fourth-order valence-electron chi connectivity index (χ4n) is 11.5. The highest BCUT2D eigenvalue weighted by molar-refractivity contribution is 14.1. The van der Waals surface area contributed by atoms with Crippen molar-refractivity contribution in [2.24, 2.45) is 11.8 Å². The van der Waals surface area contributed by atoms with Crippen molar-refractivity contribution in [1.82, 2.24) is 9.80 Å². The van der Waals surface area contributed by atoms with Crippen LogP contribution in [0.5, 0.6) is 11.5 Å². The molecule has 5 heterocycles. The molecule has 92 heavy (non-hydrogen) atoms. The number of halogens is 2. The van der Waals surface area contributed by atoms with Gasteiger partial charge in [-0.15, -0.1) is 0 Å². The van der Waals surface area contributed by atoms with Gasteiger partial charge in [-0.3, -0.25) is 14.4 Å². The van der Waals surface area contributed by atoms with Crippen LogP contribution in [0.15, 0.2) is 58.7 Å². The highest BCUT2D eigenvalue weighted by Gasteiger charge is 2.53. The highest BCUT2D eigenvalue weighted by Crippen LogP contribution is 2.45. The molecule has 26 heteroatoms. The molecule has 0 saturated carbocycles. The Hall–Kier alpha value is -4.59. The number of allylic oxidation sites excluding steroid dienone is 4. The summed E-state index contributed by atoms with van der Waals surface area (Å²) in [4.78, 5) is 71.6. The van der Waals surface area contributed by atoms with E-state index in [0.29, 0.717) is 61.9 Å². The Kier molecular flexibility index (Phi) is 29.0. The first-order valence-corrected chi connectivity index (χ1v) is 33.1. The Morgan fingerprint density at radius 1 is 0.815 bits per heavy atom. The topological polar surface area (TPSA) is 326 Å². The second-order valence-electron chi connectivity index (χ2n) is 25.1. The summed E-state index contributed by atoms with van der Waals surface area (Å²) in [6.45, 7) is 18.4. The predicted molar refractivity (Wildman–Crippen MR) is 344 cm³/mol. The third-order valence-electron chi connectivity index (χ3n) is 17.3. The van der Waals surface area contributed by atoms with Crippen molar-refractivity contribution in [3.63, 3.8) is 0 Å². The van der Waals surface area contributed by atoms with Gasteiger partial charge in [-0.1, -0.05) is 75.2 Å². The quantitative estimate of drug-likeness (QED) is 0.0389. The first-order chi connectivity index (χ1) is 43.4. The Balaban J connectivity index is 1.22. The van der Waals surface area contributed by atoms with Gasteiger partial charge >= 0.3 is 17.9 Å². The normalized spacial score (nSPS) is 32.2. The van der Waals surface area contributed by atoms with Gasteiger partial charge in [-0.25, -0.2) is 9.59 Å². The molecule has 0 spiro atoms. The van der Waals surface area contributed by atoms with Crippen LogP contribution in [0.1, 0.15) is 137 Å². The second kappa shape index (κ2) is 34.9. The number of ether oxygens (including phenoxy) is 10. The average molecular weight is 1430 g/mol. The van der Waals surface area contributed by atoms with Crippen LogP contribution in [0.25, 0.3) is 0 Å². The monoisotopic (exact) mass is 1430 g/mol. The van der Waals surface area contributed by atoms with E-state index in [4.69, 9.17) is 59.0 Å². The Labute approximate surface area is 557 Å². The Morgan fingerprint density at radius 2 is 1.41 bits per heavy atom. The van der Waals surface area contributed by atoms with Crippen LogP contribution in [-0.4, -0.2) is 226 Å². The van der Waals surface area contributed by atoms with Crippen LogP contribution < -0.4 is 9.47 Å². The number of amides is 2. The molecule has 0 aliphatic carbocycles. The minimum Gasteiger partial charge on any atom is -0.482 e. The van der Waals surface area contributed by atoms with Crippen molar-refractivity contribution in [2.45, 2.75) is 225 Å². The first kappa shape index (κ1) is 76.4. The molecule has 24 nitrogen and oxygen atoms in total. The van der Waals surface area contributed by atoms with Gasteiger partial charge in [0.1, 0.15) is 41.7 Å². The fraction of sp³-hybridized carbons (Fsp3) is 0.682. The molecular weight excluding hydrogens is 1340 g/mol. The number of piperidine rings is 2. The van der Waals surface area contributed by atoms with Crippen LogP contribution in [0, 0.1) is 15.4 Å². The zero-order valence-electron chi connectivity index (χ0n) is 54.8. The maximum Gasteiger partial charge on any atom is 0.342 e. The predicted octanol–water partition coefficient (Wildman–Crippen LogP) is 5.50. The Bertz CT molecular complexity index is 2860. The van der Waals surface area contributed by atoms with E-state index in [0.717, 1.165) is 0 Å². The molecule has 0 radical (unpaired) electrons. The fourth-order valence-corrected chi connectivity index (χ4v) is 12.9. The first-order valence-electron chi connectivity index (χ1n) is 31.7. The molecule has 5 aliphatic rings. The lowest BCUT2D eigenvalue weighted by Crippen LogP contribution is -2.64. The maximum atomic E-state index is 14.8. The Morgan fingerprint density at radius 3 is 1.97 bits per heavy atom. The van der Waals surface area contributed by atoms with Gasteiger partial charge in [-0.05, 0) is 139 Å². The molecule has 2 amide bonds. The zero-order valence-corrected chi connectivity index (χ0v) is 57.7. The van der Waals surface area contributed by atoms with Crippen LogP contribution in [-0.2, 0) is 63.5 Å². The summed E-state index contributed by atoms with van der Waals surface area (Å²) in [5, 5.41) is 77.4. The number of nitrogens with zero attached hydrogens (tertiary/aromatic N) is 2. The number of likely N-dealkylation sites (tertiary alicyclic amines) is 2. The number of carbonyl (C=O) groups excluding carboxylic acids is 5. The van der Waals surface area contributed by atoms with E-state index in [1.165, 1.54) is 38.0 Å². The van der Waals surface area contributed by atoms with E-state index in [1.54, 1.807) is 58.6 Å². The molecule has 5 aliphatic heterocycles. The summed E-state index contributed by atoms with van der Waals surface area (Å²) in [7, 11) is 1.28. The molecule has 14 atom stereocenters. The molecule has 0 bridgehead atoms. The minimum absolute atomic E-state index is 0.0190.